The molecule has 2 aromatic heterocycles. The molecule has 108 valence electrons. The first-order valence-electron chi connectivity index (χ1n) is 7.04. The highest BCUT2D eigenvalue weighted by atomic mass is 16.5. The number of hydrogen-bond donors (Lipinski definition) is 2. The molecule has 1 aliphatic heterocycles. The van der Waals surface area contributed by atoms with E-state index < -0.39 is 0 Å². The molecule has 0 radical (unpaired) electrons. The van der Waals surface area contributed by atoms with E-state index in [0.717, 1.165) is 25.1 Å². The van der Waals surface area contributed by atoms with Gasteiger partial charge in [0.05, 0.1) is 18.4 Å². The number of anilines is 1. The molecule has 0 atom stereocenters. The summed E-state index contributed by atoms with van der Waals surface area (Å²) in [6, 6.07) is 0. The van der Waals surface area contributed by atoms with Crippen LogP contribution in [0.15, 0.2) is 11.1 Å². The van der Waals surface area contributed by atoms with Crippen molar-refractivity contribution in [2.45, 2.75) is 25.2 Å². The summed E-state index contributed by atoms with van der Waals surface area (Å²) in [6.07, 6.45) is 4.40. The minimum Gasteiger partial charge on any atom is -0.480 e. The number of hydrogen-bond acceptors (Lipinski definition) is 6. The normalized spacial score (nSPS) is 16.4. The van der Waals surface area contributed by atoms with Gasteiger partial charge in [0.2, 0.25) is 5.88 Å². The molecule has 1 saturated carbocycles. The van der Waals surface area contributed by atoms with Crippen molar-refractivity contribution in [2.75, 3.05) is 19.0 Å². The Bertz CT molecular complexity index is 766. The van der Waals surface area contributed by atoms with Crippen LogP contribution in [0.5, 0.6) is 5.88 Å². The Morgan fingerprint density at radius 2 is 2.19 bits per heavy atom. The van der Waals surface area contributed by atoms with Gasteiger partial charge in [-0.25, -0.2) is 15.0 Å². The van der Waals surface area contributed by atoms with Gasteiger partial charge in [-0.1, -0.05) is 0 Å². The molecule has 4 rings (SSSR count). The lowest BCUT2D eigenvalue weighted by molar-refractivity contribution is 0.397. The molecule has 0 aromatic carbocycles. The maximum atomic E-state index is 12.2. The van der Waals surface area contributed by atoms with Crippen molar-refractivity contribution < 1.29 is 4.74 Å². The number of nitrogens with zero attached hydrogens (tertiary/aromatic N) is 3. The SMILES string of the molecule is COc1ncnc(C2CC2)c1-c1nc2c(c(=O)[nH]1)CCN2. The van der Waals surface area contributed by atoms with Gasteiger partial charge in [-0.15, -0.1) is 0 Å². The lowest BCUT2D eigenvalue weighted by Crippen LogP contribution is -2.15. The third kappa shape index (κ3) is 1.96. The van der Waals surface area contributed by atoms with Crippen molar-refractivity contribution in [1.82, 2.24) is 19.9 Å². The quantitative estimate of drug-likeness (QED) is 0.876. The lowest BCUT2D eigenvalue weighted by atomic mass is 10.1. The predicted octanol–water partition coefficient (Wildman–Crippen LogP) is 1.08. The van der Waals surface area contributed by atoms with Crippen LogP contribution >= 0.6 is 0 Å². The van der Waals surface area contributed by atoms with E-state index in [0.29, 0.717) is 41.0 Å². The number of ether oxygens (including phenoxy) is 1. The van der Waals surface area contributed by atoms with Crippen LogP contribution in [0.4, 0.5) is 5.82 Å². The number of methoxy groups -OCH3 is 1. The van der Waals surface area contributed by atoms with Gasteiger partial charge in [-0.3, -0.25) is 4.79 Å². The summed E-state index contributed by atoms with van der Waals surface area (Å²) in [6.45, 7) is 0.743. The van der Waals surface area contributed by atoms with E-state index in [1.165, 1.54) is 6.33 Å². The van der Waals surface area contributed by atoms with Crippen LogP contribution in [0.1, 0.15) is 30.0 Å². The molecule has 1 fully saturated rings. The molecule has 0 spiro atoms. The Morgan fingerprint density at radius 3 is 2.95 bits per heavy atom. The Hall–Kier alpha value is -2.44. The number of H-pyrrole nitrogens is 1. The van der Waals surface area contributed by atoms with Crippen LogP contribution in [0.2, 0.25) is 0 Å². The molecule has 2 N–H and O–H groups in total. The molecule has 0 amide bonds. The van der Waals surface area contributed by atoms with Crippen molar-refractivity contribution in [2.24, 2.45) is 0 Å². The number of rotatable bonds is 3. The molecule has 0 saturated heterocycles. The highest BCUT2D eigenvalue weighted by Gasteiger charge is 2.31. The molecular formula is C14H15N5O2. The second-order valence-corrected chi connectivity index (χ2v) is 5.34. The van der Waals surface area contributed by atoms with E-state index in [9.17, 15) is 4.79 Å². The molecule has 7 heteroatoms. The summed E-state index contributed by atoms with van der Waals surface area (Å²) in [5.41, 5.74) is 2.22. The van der Waals surface area contributed by atoms with Crippen LogP contribution in [-0.4, -0.2) is 33.6 Å². The van der Waals surface area contributed by atoms with Gasteiger partial charge in [0.1, 0.15) is 23.5 Å². The fourth-order valence-corrected chi connectivity index (χ4v) is 2.73. The maximum Gasteiger partial charge on any atom is 0.256 e. The Kier molecular flexibility index (Phi) is 2.66. The van der Waals surface area contributed by atoms with E-state index in [-0.39, 0.29) is 5.56 Å². The van der Waals surface area contributed by atoms with Crippen LogP contribution in [0.3, 0.4) is 0 Å². The zero-order chi connectivity index (χ0) is 14.4. The fourth-order valence-electron chi connectivity index (χ4n) is 2.73. The molecule has 1 aliphatic carbocycles. The monoisotopic (exact) mass is 285 g/mol. The Balaban J connectivity index is 1.94. The highest BCUT2D eigenvalue weighted by molar-refractivity contribution is 5.67. The second-order valence-electron chi connectivity index (χ2n) is 5.34. The van der Waals surface area contributed by atoms with E-state index >= 15 is 0 Å². The molecule has 0 bridgehead atoms. The van der Waals surface area contributed by atoms with E-state index in [1.54, 1.807) is 7.11 Å². The zero-order valence-electron chi connectivity index (χ0n) is 11.6. The van der Waals surface area contributed by atoms with Gasteiger partial charge in [-0.2, -0.15) is 0 Å². The molecule has 2 aromatic rings. The topological polar surface area (TPSA) is 92.8 Å². The first-order valence-corrected chi connectivity index (χ1v) is 7.04. The molecular weight excluding hydrogens is 270 g/mol. The fraction of sp³-hybridized carbons (Fsp3) is 0.429. The first kappa shape index (κ1) is 12.3. The maximum absolute atomic E-state index is 12.2. The molecule has 7 nitrogen and oxygen atoms in total. The van der Waals surface area contributed by atoms with Crippen LogP contribution in [0, 0.1) is 0 Å². The number of aromatic amines is 1. The van der Waals surface area contributed by atoms with E-state index in [1.807, 2.05) is 0 Å². The van der Waals surface area contributed by atoms with Gasteiger partial charge in [0.25, 0.3) is 5.56 Å². The number of nitrogens with one attached hydrogen (secondary N) is 2. The van der Waals surface area contributed by atoms with Gasteiger partial charge >= 0.3 is 0 Å². The van der Waals surface area contributed by atoms with Crippen LogP contribution in [0.25, 0.3) is 11.4 Å². The van der Waals surface area contributed by atoms with Gasteiger partial charge < -0.3 is 15.0 Å². The number of aromatic nitrogens is 4. The summed E-state index contributed by atoms with van der Waals surface area (Å²) in [7, 11) is 1.56. The highest BCUT2D eigenvalue weighted by Crippen LogP contribution is 2.44. The second kappa shape index (κ2) is 4.54. The van der Waals surface area contributed by atoms with Gasteiger partial charge in [0, 0.05) is 12.5 Å². The molecule has 0 unspecified atom stereocenters. The molecule has 2 aliphatic rings. The standard InChI is InChI=1S/C14H15N5O2/c1-21-14-9(10(7-2-3-7)16-6-17-14)12-18-11-8(4-5-15-11)13(20)19-12/h6-7H,2-5H2,1H3,(H2,15,18,19,20). The van der Waals surface area contributed by atoms with Crippen LogP contribution in [-0.2, 0) is 6.42 Å². The van der Waals surface area contributed by atoms with Crippen molar-refractivity contribution in [3.8, 4) is 17.3 Å². The third-order valence-electron chi connectivity index (χ3n) is 3.92. The van der Waals surface area contributed by atoms with Crippen molar-refractivity contribution >= 4 is 5.82 Å². The van der Waals surface area contributed by atoms with Crippen LogP contribution < -0.4 is 15.6 Å². The summed E-state index contributed by atoms with van der Waals surface area (Å²) in [4.78, 5) is 28.1. The van der Waals surface area contributed by atoms with E-state index in [2.05, 4.69) is 25.3 Å². The van der Waals surface area contributed by atoms with Crippen molar-refractivity contribution in [3.63, 3.8) is 0 Å². The Labute approximate surface area is 120 Å². The van der Waals surface area contributed by atoms with Crippen molar-refractivity contribution in [3.05, 3.63) is 27.9 Å². The summed E-state index contributed by atoms with van der Waals surface area (Å²) < 4.78 is 5.34. The summed E-state index contributed by atoms with van der Waals surface area (Å²) in [5, 5.41) is 3.14. The first-order chi connectivity index (χ1) is 10.3. The smallest absolute Gasteiger partial charge is 0.256 e. The average Bonchev–Trinajstić information content (AvgIpc) is 3.24. The third-order valence-corrected chi connectivity index (χ3v) is 3.92. The summed E-state index contributed by atoms with van der Waals surface area (Å²) >= 11 is 0. The van der Waals surface area contributed by atoms with E-state index in [4.69, 9.17) is 4.74 Å². The minimum absolute atomic E-state index is 0.104. The largest absolute Gasteiger partial charge is 0.480 e. The van der Waals surface area contributed by atoms with Gasteiger partial charge in [0.15, 0.2) is 0 Å². The zero-order valence-corrected chi connectivity index (χ0v) is 11.6. The predicted molar refractivity (Wildman–Crippen MR) is 76.6 cm³/mol. The lowest BCUT2D eigenvalue weighted by Gasteiger charge is -2.11. The average molecular weight is 285 g/mol. The van der Waals surface area contributed by atoms with Crippen molar-refractivity contribution in [1.29, 1.82) is 0 Å². The molecule has 3 heterocycles. The summed E-state index contributed by atoms with van der Waals surface area (Å²) in [5.74, 6) is 1.99. The number of fused-ring (bicyclic) bond motifs is 1. The molecule has 21 heavy (non-hydrogen) atoms. The minimum atomic E-state index is -0.104. The Morgan fingerprint density at radius 1 is 1.33 bits per heavy atom. The van der Waals surface area contributed by atoms with Gasteiger partial charge in [-0.05, 0) is 19.3 Å².